The van der Waals surface area contributed by atoms with Crippen LogP contribution in [0.4, 0.5) is 0 Å². The molecule has 1 aromatic rings. The minimum absolute atomic E-state index is 0.211. The van der Waals surface area contributed by atoms with Gasteiger partial charge in [-0.3, -0.25) is 9.59 Å². The Bertz CT molecular complexity index is 662. The maximum absolute atomic E-state index is 12.5. The summed E-state index contributed by atoms with van der Waals surface area (Å²) in [5.74, 6) is -1.02. The molecule has 2 atom stereocenters. The van der Waals surface area contributed by atoms with E-state index in [-0.39, 0.29) is 11.8 Å². The van der Waals surface area contributed by atoms with Crippen molar-refractivity contribution in [1.82, 2.24) is 10.6 Å². The predicted octanol–water partition coefficient (Wildman–Crippen LogP) is 2.30. The smallest absolute Gasteiger partial charge is 0.329 e. The van der Waals surface area contributed by atoms with E-state index in [0.29, 0.717) is 11.3 Å². The molecule has 0 aromatic heterocycles. The van der Waals surface area contributed by atoms with Gasteiger partial charge in [0.2, 0.25) is 0 Å². The minimum Gasteiger partial charge on any atom is -0.497 e. The second-order valence-corrected chi connectivity index (χ2v) is 7.74. The molecule has 0 aliphatic heterocycles. The van der Waals surface area contributed by atoms with E-state index >= 15 is 0 Å². The van der Waals surface area contributed by atoms with Crippen LogP contribution >= 0.6 is 0 Å². The first kappa shape index (κ1) is 22.5. The molecule has 0 bridgehead atoms. The van der Waals surface area contributed by atoms with Crippen molar-refractivity contribution in [3.63, 3.8) is 0 Å². The Hall–Kier alpha value is -2.57. The van der Waals surface area contributed by atoms with Gasteiger partial charge in [0.15, 0.2) is 6.10 Å². The Kier molecular flexibility index (Phi) is 7.82. The molecular formula is C20H30N2O5. The molecule has 7 heteroatoms. The number of rotatable bonds is 7. The van der Waals surface area contributed by atoms with Gasteiger partial charge >= 0.3 is 5.97 Å². The summed E-state index contributed by atoms with van der Waals surface area (Å²) in [5, 5.41) is 5.43. The highest BCUT2D eigenvalue weighted by Crippen LogP contribution is 2.13. The quantitative estimate of drug-likeness (QED) is 0.710. The van der Waals surface area contributed by atoms with E-state index in [1.54, 1.807) is 38.1 Å². The highest BCUT2D eigenvalue weighted by Gasteiger charge is 2.30. The number of hydrogen-bond donors (Lipinski definition) is 2. The molecule has 27 heavy (non-hydrogen) atoms. The van der Waals surface area contributed by atoms with Crippen LogP contribution in [0, 0.1) is 5.92 Å². The molecule has 2 N–H and O–H groups in total. The summed E-state index contributed by atoms with van der Waals surface area (Å²) in [7, 11) is 1.54. The molecule has 0 spiro atoms. The molecule has 1 aromatic carbocycles. The van der Waals surface area contributed by atoms with Gasteiger partial charge in [-0.1, -0.05) is 13.8 Å². The number of esters is 1. The van der Waals surface area contributed by atoms with Crippen molar-refractivity contribution in [3.05, 3.63) is 29.8 Å². The van der Waals surface area contributed by atoms with E-state index < -0.39 is 29.6 Å². The van der Waals surface area contributed by atoms with Gasteiger partial charge in [-0.25, -0.2) is 4.79 Å². The number of methoxy groups -OCH3 is 1. The van der Waals surface area contributed by atoms with Gasteiger partial charge in [0.1, 0.15) is 11.8 Å². The second kappa shape index (κ2) is 9.39. The highest BCUT2D eigenvalue weighted by atomic mass is 16.5. The molecule has 0 aliphatic rings. The zero-order valence-corrected chi connectivity index (χ0v) is 17.1. The van der Waals surface area contributed by atoms with E-state index in [2.05, 4.69) is 10.6 Å². The van der Waals surface area contributed by atoms with Crippen LogP contribution in [0.1, 0.15) is 51.9 Å². The lowest BCUT2D eigenvalue weighted by Gasteiger charge is -2.25. The Morgan fingerprint density at radius 2 is 1.56 bits per heavy atom. The van der Waals surface area contributed by atoms with Crippen molar-refractivity contribution in [2.45, 2.75) is 59.2 Å². The van der Waals surface area contributed by atoms with E-state index in [0.717, 1.165) is 0 Å². The van der Waals surface area contributed by atoms with Crippen LogP contribution in [0.2, 0.25) is 0 Å². The monoisotopic (exact) mass is 378 g/mol. The SMILES string of the molecule is COc1ccc(C(=O)N[C@H](C(=O)O[C@H](C)C(=O)NC(C)(C)C)C(C)C)cc1. The first-order valence-electron chi connectivity index (χ1n) is 8.92. The van der Waals surface area contributed by atoms with Crippen molar-refractivity contribution in [1.29, 1.82) is 0 Å². The predicted molar refractivity (Wildman–Crippen MR) is 103 cm³/mol. The van der Waals surface area contributed by atoms with Crippen LogP contribution in [0.25, 0.3) is 0 Å². The van der Waals surface area contributed by atoms with Crippen molar-refractivity contribution >= 4 is 17.8 Å². The van der Waals surface area contributed by atoms with Crippen molar-refractivity contribution in [2.75, 3.05) is 7.11 Å². The molecule has 0 unspecified atom stereocenters. The van der Waals surface area contributed by atoms with Crippen LogP contribution in [-0.4, -0.2) is 42.6 Å². The topological polar surface area (TPSA) is 93.7 Å². The third-order valence-electron chi connectivity index (χ3n) is 3.72. The number of hydrogen-bond acceptors (Lipinski definition) is 5. The normalized spacial score (nSPS) is 13.5. The van der Waals surface area contributed by atoms with Gasteiger partial charge in [-0.2, -0.15) is 0 Å². The zero-order valence-electron chi connectivity index (χ0n) is 17.1. The fourth-order valence-corrected chi connectivity index (χ4v) is 2.24. The molecule has 0 saturated carbocycles. The van der Waals surface area contributed by atoms with Crippen LogP contribution < -0.4 is 15.4 Å². The summed E-state index contributed by atoms with van der Waals surface area (Å²) in [4.78, 5) is 37.0. The molecule has 0 fully saturated rings. The van der Waals surface area contributed by atoms with Crippen LogP contribution in [-0.2, 0) is 14.3 Å². The zero-order chi connectivity index (χ0) is 20.8. The van der Waals surface area contributed by atoms with E-state index in [4.69, 9.17) is 9.47 Å². The molecule has 0 heterocycles. The standard InChI is InChI=1S/C20H30N2O5/c1-12(2)16(19(25)27-13(3)17(23)22-20(4,5)6)21-18(24)14-8-10-15(26-7)11-9-14/h8-13,16H,1-7H3,(H,21,24)(H,22,23)/t13-,16+/m1/s1. The van der Waals surface area contributed by atoms with Gasteiger partial charge in [0.25, 0.3) is 11.8 Å². The van der Waals surface area contributed by atoms with Crippen LogP contribution in [0.15, 0.2) is 24.3 Å². The van der Waals surface area contributed by atoms with E-state index in [1.165, 1.54) is 14.0 Å². The largest absolute Gasteiger partial charge is 0.497 e. The van der Waals surface area contributed by atoms with Gasteiger partial charge in [0, 0.05) is 11.1 Å². The average molecular weight is 378 g/mol. The highest BCUT2D eigenvalue weighted by molar-refractivity contribution is 5.97. The summed E-state index contributed by atoms with van der Waals surface area (Å²) in [6, 6.07) is 5.67. The summed E-state index contributed by atoms with van der Waals surface area (Å²) in [5.41, 5.74) is -0.0367. The molecule has 1 rings (SSSR count). The van der Waals surface area contributed by atoms with Crippen molar-refractivity contribution in [3.8, 4) is 5.75 Å². The summed E-state index contributed by atoms with van der Waals surface area (Å²) < 4.78 is 10.3. The van der Waals surface area contributed by atoms with E-state index in [1.807, 2.05) is 20.8 Å². The number of nitrogens with one attached hydrogen (secondary N) is 2. The first-order chi connectivity index (χ1) is 12.4. The number of amides is 2. The Balaban J connectivity index is 2.77. The molecule has 7 nitrogen and oxygen atoms in total. The fourth-order valence-electron chi connectivity index (χ4n) is 2.24. The van der Waals surface area contributed by atoms with Crippen molar-refractivity contribution in [2.24, 2.45) is 5.92 Å². The summed E-state index contributed by atoms with van der Waals surface area (Å²) in [6.45, 7) is 10.6. The lowest BCUT2D eigenvalue weighted by Crippen LogP contribution is -2.50. The first-order valence-corrected chi connectivity index (χ1v) is 8.92. The van der Waals surface area contributed by atoms with Crippen molar-refractivity contribution < 1.29 is 23.9 Å². The lowest BCUT2D eigenvalue weighted by atomic mass is 10.0. The van der Waals surface area contributed by atoms with Crippen LogP contribution in [0.5, 0.6) is 5.75 Å². The Labute approximate surface area is 160 Å². The van der Waals surface area contributed by atoms with Gasteiger partial charge in [-0.05, 0) is 57.9 Å². The van der Waals surface area contributed by atoms with Gasteiger partial charge < -0.3 is 20.1 Å². The maximum Gasteiger partial charge on any atom is 0.329 e. The second-order valence-electron chi connectivity index (χ2n) is 7.74. The summed E-state index contributed by atoms with van der Waals surface area (Å²) in [6.07, 6.45) is -0.962. The molecule has 0 aliphatic carbocycles. The fraction of sp³-hybridized carbons (Fsp3) is 0.550. The molecule has 0 saturated heterocycles. The average Bonchev–Trinajstić information content (AvgIpc) is 2.57. The lowest BCUT2D eigenvalue weighted by molar-refractivity contribution is -0.158. The minimum atomic E-state index is -0.962. The van der Waals surface area contributed by atoms with Gasteiger partial charge in [0.05, 0.1) is 7.11 Å². The number of carbonyl (C=O) groups is 3. The summed E-state index contributed by atoms with van der Waals surface area (Å²) >= 11 is 0. The Morgan fingerprint density at radius 1 is 1.00 bits per heavy atom. The number of benzene rings is 1. The molecule has 2 amide bonds. The molecule has 150 valence electrons. The third-order valence-corrected chi connectivity index (χ3v) is 3.72. The molecular weight excluding hydrogens is 348 g/mol. The van der Waals surface area contributed by atoms with Gasteiger partial charge in [-0.15, -0.1) is 0 Å². The third kappa shape index (κ3) is 7.29. The van der Waals surface area contributed by atoms with Crippen LogP contribution in [0.3, 0.4) is 0 Å². The Morgan fingerprint density at radius 3 is 2.00 bits per heavy atom. The number of ether oxygens (including phenoxy) is 2. The molecule has 0 radical (unpaired) electrons. The maximum atomic E-state index is 12.5. The van der Waals surface area contributed by atoms with E-state index in [9.17, 15) is 14.4 Å². The number of carbonyl (C=O) groups excluding carboxylic acids is 3.